The van der Waals surface area contributed by atoms with Crippen molar-refractivity contribution in [3.8, 4) is 0 Å². The first-order valence-corrected chi connectivity index (χ1v) is 7.81. The van der Waals surface area contributed by atoms with Gasteiger partial charge >= 0.3 is 5.97 Å². The smallest absolute Gasteiger partial charge is 0.339 e. The first kappa shape index (κ1) is 16.7. The molecule has 2 rings (SSSR count). The largest absolute Gasteiger partial charge is 0.449 e. The average Bonchev–Trinajstić information content (AvgIpc) is 2.49. The van der Waals surface area contributed by atoms with Crippen molar-refractivity contribution in [2.75, 3.05) is 5.32 Å². The van der Waals surface area contributed by atoms with Crippen molar-refractivity contribution >= 4 is 51.8 Å². The zero-order valence-electron chi connectivity index (χ0n) is 11.5. The number of hydrogen-bond acceptors (Lipinski definition) is 4. The summed E-state index contributed by atoms with van der Waals surface area (Å²) in [5.41, 5.74) is 0.786. The molecule has 5 nitrogen and oxygen atoms in total. The van der Waals surface area contributed by atoms with Gasteiger partial charge in [-0.05, 0) is 53.8 Å². The maximum Gasteiger partial charge on any atom is 0.339 e. The van der Waals surface area contributed by atoms with Gasteiger partial charge in [-0.2, -0.15) is 0 Å². The van der Waals surface area contributed by atoms with Crippen molar-refractivity contribution < 1.29 is 14.3 Å². The highest BCUT2D eigenvalue weighted by Crippen LogP contribution is 2.18. The van der Waals surface area contributed by atoms with Crippen LogP contribution in [0.4, 0.5) is 5.69 Å². The van der Waals surface area contributed by atoms with E-state index in [1.807, 2.05) is 28.7 Å². The van der Waals surface area contributed by atoms with Gasteiger partial charge in [0.2, 0.25) is 0 Å². The lowest BCUT2D eigenvalue weighted by Crippen LogP contribution is -2.30. The monoisotopic (exact) mass is 430 g/mol. The number of anilines is 1. The van der Waals surface area contributed by atoms with Gasteiger partial charge in [0.1, 0.15) is 0 Å². The average molecular weight is 431 g/mol. The van der Waals surface area contributed by atoms with E-state index >= 15 is 0 Å². The number of pyridine rings is 1. The zero-order chi connectivity index (χ0) is 16.1. The quantitative estimate of drug-likeness (QED) is 0.458. The van der Waals surface area contributed by atoms with Gasteiger partial charge in [-0.1, -0.05) is 23.7 Å². The van der Waals surface area contributed by atoms with Gasteiger partial charge in [0, 0.05) is 9.77 Å². The van der Waals surface area contributed by atoms with Crippen molar-refractivity contribution in [1.82, 2.24) is 4.98 Å². The summed E-state index contributed by atoms with van der Waals surface area (Å²) in [6.45, 7) is 1.49. The molecule has 1 amide bonds. The van der Waals surface area contributed by atoms with Crippen LogP contribution in [-0.2, 0) is 9.53 Å². The summed E-state index contributed by atoms with van der Waals surface area (Å²) in [7, 11) is 0. The second kappa shape index (κ2) is 7.55. The van der Waals surface area contributed by atoms with Crippen LogP contribution in [0.1, 0.15) is 17.3 Å². The number of esters is 1. The van der Waals surface area contributed by atoms with Crippen LogP contribution in [0.5, 0.6) is 0 Å². The molecule has 1 aromatic heterocycles. The minimum absolute atomic E-state index is 0.173. The number of nitrogens with zero attached hydrogens (tertiary/aromatic N) is 1. The Bertz CT molecular complexity index is 709. The van der Waals surface area contributed by atoms with Crippen molar-refractivity contribution in [3.05, 3.63) is 56.9 Å². The summed E-state index contributed by atoms with van der Waals surface area (Å²) < 4.78 is 5.93. The number of carbonyl (C=O) groups is 2. The number of ether oxygens (including phenoxy) is 1. The molecule has 1 aromatic carbocycles. The van der Waals surface area contributed by atoms with E-state index in [-0.39, 0.29) is 5.15 Å². The van der Waals surface area contributed by atoms with E-state index in [1.54, 1.807) is 30.3 Å². The number of halogens is 2. The molecule has 7 heteroatoms. The van der Waals surface area contributed by atoms with Gasteiger partial charge in [-0.3, -0.25) is 4.79 Å². The van der Waals surface area contributed by atoms with E-state index in [1.165, 1.54) is 13.1 Å². The summed E-state index contributed by atoms with van der Waals surface area (Å²) >= 11 is 7.90. The normalized spacial score (nSPS) is 11.6. The van der Waals surface area contributed by atoms with Crippen LogP contribution >= 0.6 is 34.2 Å². The Labute approximate surface area is 146 Å². The summed E-state index contributed by atoms with van der Waals surface area (Å²) in [5, 5.41) is 2.74. The van der Waals surface area contributed by atoms with Gasteiger partial charge in [0.25, 0.3) is 5.91 Å². The van der Waals surface area contributed by atoms with Crippen LogP contribution < -0.4 is 5.32 Å². The lowest BCUT2D eigenvalue weighted by Gasteiger charge is -2.14. The van der Waals surface area contributed by atoms with Gasteiger partial charge in [-0.15, -0.1) is 0 Å². The highest BCUT2D eigenvalue weighted by Gasteiger charge is 2.21. The van der Waals surface area contributed by atoms with E-state index in [0.717, 1.165) is 3.57 Å². The highest BCUT2D eigenvalue weighted by molar-refractivity contribution is 14.1. The number of aromatic nitrogens is 1. The predicted molar refractivity (Wildman–Crippen MR) is 91.9 cm³/mol. The second-order valence-corrected chi connectivity index (χ2v) is 5.88. The molecular weight excluding hydrogens is 419 g/mol. The number of rotatable bonds is 4. The molecule has 1 atom stereocenters. The fourth-order valence-corrected chi connectivity index (χ4v) is 2.39. The lowest BCUT2D eigenvalue weighted by molar-refractivity contribution is -0.123. The van der Waals surface area contributed by atoms with Crippen LogP contribution in [0.3, 0.4) is 0 Å². The summed E-state index contributed by atoms with van der Waals surface area (Å²) in [6.07, 6.45) is 0.554. The van der Waals surface area contributed by atoms with E-state index < -0.39 is 18.0 Å². The fourth-order valence-electron chi connectivity index (χ4n) is 1.62. The predicted octanol–water partition coefficient (Wildman–Crippen LogP) is 3.52. The Morgan fingerprint density at radius 1 is 1.27 bits per heavy atom. The Morgan fingerprint density at radius 2 is 2.00 bits per heavy atom. The molecule has 0 aliphatic rings. The maximum absolute atomic E-state index is 12.1. The van der Waals surface area contributed by atoms with Crippen LogP contribution in [0.25, 0.3) is 0 Å². The molecule has 0 saturated carbocycles. The zero-order valence-corrected chi connectivity index (χ0v) is 14.5. The third-order valence-corrected chi connectivity index (χ3v) is 4.01. The van der Waals surface area contributed by atoms with E-state index in [0.29, 0.717) is 11.3 Å². The molecular formula is C15H12ClIN2O3. The molecule has 0 fully saturated rings. The Hall–Kier alpha value is -1.67. The molecule has 1 heterocycles. The lowest BCUT2D eigenvalue weighted by atomic mass is 10.2. The van der Waals surface area contributed by atoms with Crippen LogP contribution in [0.15, 0.2) is 42.6 Å². The highest BCUT2D eigenvalue weighted by atomic mass is 127. The molecule has 0 spiro atoms. The number of amides is 1. The molecule has 0 radical (unpaired) electrons. The molecule has 0 aliphatic heterocycles. The van der Waals surface area contributed by atoms with Crippen molar-refractivity contribution in [1.29, 1.82) is 0 Å². The third-order valence-electron chi connectivity index (χ3n) is 2.76. The Kier molecular flexibility index (Phi) is 5.73. The number of hydrogen-bond donors (Lipinski definition) is 1. The molecule has 0 bridgehead atoms. The molecule has 22 heavy (non-hydrogen) atoms. The third kappa shape index (κ3) is 4.17. The summed E-state index contributed by atoms with van der Waals surface area (Å²) in [4.78, 5) is 27.9. The SMILES string of the molecule is CC(OC(=O)c1ccccc1I)C(=O)Nc1cccnc1Cl. The van der Waals surface area contributed by atoms with Crippen molar-refractivity contribution in [2.24, 2.45) is 0 Å². The number of carbonyl (C=O) groups excluding carboxylic acids is 2. The minimum atomic E-state index is -0.959. The summed E-state index contributed by atoms with van der Waals surface area (Å²) in [6, 6.07) is 10.2. The number of nitrogens with one attached hydrogen (secondary N) is 1. The molecule has 2 aromatic rings. The van der Waals surface area contributed by atoms with Crippen LogP contribution in [-0.4, -0.2) is 23.0 Å². The Morgan fingerprint density at radius 3 is 2.68 bits per heavy atom. The van der Waals surface area contributed by atoms with Crippen molar-refractivity contribution in [3.63, 3.8) is 0 Å². The molecule has 0 saturated heterocycles. The fraction of sp³-hybridized carbons (Fsp3) is 0.133. The van der Waals surface area contributed by atoms with Crippen LogP contribution in [0.2, 0.25) is 5.15 Å². The van der Waals surface area contributed by atoms with Gasteiger partial charge in [0.15, 0.2) is 11.3 Å². The Balaban J connectivity index is 2.01. The molecule has 1 N–H and O–H groups in total. The minimum Gasteiger partial charge on any atom is -0.449 e. The van der Waals surface area contributed by atoms with Crippen LogP contribution in [0, 0.1) is 3.57 Å². The first-order valence-electron chi connectivity index (χ1n) is 6.36. The first-order chi connectivity index (χ1) is 10.5. The van der Waals surface area contributed by atoms with E-state index in [2.05, 4.69) is 10.3 Å². The topological polar surface area (TPSA) is 68.3 Å². The van der Waals surface area contributed by atoms with Crippen molar-refractivity contribution in [2.45, 2.75) is 13.0 Å². The van der Waals surface area contributed by atoms with Gasteiger partial charge in [0.05, 0.1) is 11.3 Å². The number of benzene rings is 1. The van der Waals surface area contributed by atoms with E-state index in [9.17, 15) is 9.59 Å². The molecule has 0 aliphatic carbocycles. The standard InChI is InChI=1S/C15H12ClIN2O3/c1-9(14(20)19-12-7-4-8-18-13(12)16)22-15(21)10-5-2-3-6-11(10)17/h2-9H,1H3,(H,19,20). The molecule has 114 valence electrons. The van der Waals surface area contributed by atoms with E-state index in [4.69, 9.17) is 16.3 Å². The maximum atomic E-state index is 12.1. The van der Waals surface area contributed by atoms with Gasteiger partial charge < -0.3 is 10.1 Å². The summed E-state index contributed by atoms with van der Waals surface area (Å²) in [5.74, 6) is -1.03. The second-order valence-electron chi connectivity index (χ2n) is 4.36. The van der Waals surface area contributed by atoms with Gasteiger partial charge in [-0.25, -0.2) is 9.78 Å². The molecule has 1 unspecified atom stereocenters.